The van der Waals surface area contributed by atoms with E-state index in [0.717, 1.165) is 38.5 Å². The lowest BCUT2D eigenvalue weighted by atomic mass is 9.82. The Balaban J connectivity index is 1.74. The van der Waals surface area contributed by atoms with Crippen molar-refractivity contribution in [1.82, 2.24) is 0 Å². The zero-order valence-electron chi connectivity index (χ0n) is 11.3. The lowest BCUT2D eigenvalue weighted by Gasteiger charge is -2.25. The number of nitriles is 1. The summed E-state index contributed by atoms with van der Waals surface area (Å²) in [4.78, 5) is 0. The largest absolute Gasteiger partial charge is 0.381 e. The molecule has 0 unspecified atom stereocenters. The van der Waals surface area contributed by atoms with Crippen LogP contribution in [0.5, 0.6) is 0 Å². The molecular formula is C16H23NO. The highest BCUT2D eigenvalue weighted by Gasteiger charge is 2.21. The molecule has 0 saturated heterocycles. The highest BCUT2D eigenvalue weighted by Crippen LogP contribution is 2.29. The van der Waals surface area contributed by atoms with Gasteiger partial charge in [0.15, 0.2) is 0 Å². The number of nitrogens with zero attached hydrogens (tertiary/aromatic N) is 1. The maximum Gasteiger partial charge on any atom is 0.0655 e. The van der Waals surface area contributed by atoms with Gasteiger partial charge in [0, 0.05) is 24.9 Å². The number of methoxy groups -OCH3 is 1. The normalized spacial score (nSPS) is 36.2. The van der Waals surface area contributed by atoms with Crippen molar-refractivity contribution >= 4 is 0 Å². The first-order valence-electron chi connectivity index (χ1n) is 7.25. The SMILES string of the molecule is COC1CCC(C#CC2CCC(C#N)CC2)CC1. The smallest absolute Gasteiger partial charge is 0.0655 e. The van der Waals surface area contributed by atoms with Crippen LogP contribution in [0.4, 0.5) is 0 Å². The molecule has 0 aromatic carbocycles. The van der Waals surface area contributed by atoms with E-state index >= 15 is 0 Å². The summed E-state index contributed by atoms with van der Waals surface area (Å²) in [6.45, 7) is 0. The van der Waals surface area contributed by atoms with Gasteiger partial charge in [-0.25, -0.2) is 0 Å². The zero-order valence-corrected chi connectivity index (χ0v) is 11.3. The van der Waals surface area contributed by atoms with E-state index in [0.29, 0.717) is 23.9 Å². The molecule has 2 nitrogen and oxygen atoms in total. The monoisotopic (exact) mass is 245 g/mol. The van der Waals surface area contributed by atoms with Gasteiger partial charge in [-0.2, -0.15) is 5.26 Å². The van der Waals surface area contributed by atoms with Crippen LogP contribution in [0, 0.1) is 40.9 Å². The van der Waals surface area contributed by atoms with Crippen molar-refractivity contribution in [3.63, 3.8) is 0 Å². The molecule has 2 rings (SSSR count). The molecule has 2 aliphatic rings. The topological polar surface area (TPSA) is 33.0 Å². The molecule has 98 valence electrons. The molecule has 0 aliphatic heterocycles. The Hall–Kier alpha value is -0.990. The quantitative estimate of drug-likeness (QED) is 0.662. The van der Waals surface area contributed by atoms with Crippen molar-refractivity contribution in [1.29, 1.82) is 5.26 Å². The second-order valence-electron chi connectivity index (χ2n) is 5.68. The average Bonchev–Trinajstić information content (AvgIpc) is 2.46. The van der Waals surface area contributed by atoms with Crippen molar-refractivity contribution in [2.75, 3.05) is 7.11 Å². The summed E-state index contributed by atoms with van der Waals surface area (Å²) in [5.74, 6) is 8.38. The molecule has 18 heavy (non-hydrogen) atoms. The first-order chi connectivity index (χ1) is 8.81. The first kappa shape index (κ1) is 13.4. The fourth-order valence-electron chi connectivity index (χ4n) is 3.05. The van der Waals surface area contributed by atoms with Gasteiger partial charge in [0.25, 0.3) is 0 Å². The predicted octanol–water partition coefficient (Wildman–Crippen LogP) is 3.52. The summed E-state index contributed by atoms with van der Waals surface area (Å²) >= 11 is 0. The Kier molecular flexibility index (Phi) is 5.09. The van der Waals surface area contributed by atoms with Crippen LogP contribution in [0.15, 0.2) is 0 Å². The Bertz CT molecular complexity index is 344. The summed E-state index contributed by atoms with van der Waals surface area (Å²) in [7, 11) is 1.81. The van der Waals surface area contributed by atoms with E-state index in [1.807, 2.05) is 7.11 Å². The van der Waals surface area contributed by atoms with E-state index in [-0.39, 0.29) is 0 Å². The van der Waals surface area contributed by atoms with Crippen molar-refractivity contribution in [2.24, 2.45) is 17.8 Å². The maximum absolute atomic E-state index is 8.86. The third-order valence-corrected chi connectivity index (χ3v) is 4.41. The van der Waals surface area contributed by atoms with Crippen LogP contribution in [0.25, 0.3) is 0 Å². The van der Waals surface area contributed by atoms with Gasteiger partial charge in [-0.1, -0.05) is 11.8 Å². The summed E-state index contributed by atoms with van der Waals surface area (Å²) < 4.78 is 5.38. The molecule has 0 atom stereocenters. The molecule has 2 heteroatoms. The second kappa shape index (κ2) is 6.81. The number of hydrogen-bond donors (Lipinski definition) is 0. The van der Waals surface area contributed by atoms with Crippen molar-refractivity contribution in [3.8, 4) is 17.9 Å². The second-order valence-corrected chi connectivity index (χ2v) is 5.68. The maximum atomic E-state index is 8.86. The van der Waals surface area contributed by atoms with E-state index in [4.69, 9.17) is 10.00 Å². The van der Waals surface area contributed by atoms with Crippen molar-refractivity contribution in [3.05, 3.63) is 0 Å². The summed E-state index contributed by atoms with van der Waals surface area (Å²) in [5.41, 5.74) is 0. The molecule has 0 aromatic heterocycles. The Morgan fingerprint density at radius 1 is 0.778 bits per heavy atom. The molecule has 0 N–H and O–H groups in total. The van der Waals surface area contributed by atoms with Gasteiger partial charge in [-0.05, 0) is 51.4 Å². The van der Waals surface area contributed by atoms with Gasteiger partial charge in [0.05, 0.1) is 12.2 Å². The Morgan fingerprint density at radius 3 is 1.67 bits per heavy atom. The van der Waals surface area contributed by atoms with Gasteiger partial charge < -0.3 is 4.74 Å². The van der Waals surface area contributed by atoms with Gasteiger partial charge in [0.2, 0.25) is 0 Å². The van der Waals surface area contributed by atoms with E-state index in [2.05, 4.69) is 17.9 Å². The molecule has 2 aliphatic carbocycles. The molecule has 0 bridgehead atoms. The number of rotatable bonds is 1. The van der Waals surface area contributed by atoms with Gasteiger partial charge in [-0.15, -0.1) is 0 Å². The number of ether oxygens (including phenoxy) is 1. The van der Waals surface area contributed by atoms with Crippen LogP contribution in [0.1, 0.15) is 51.4 Å². The lowest BCUT2D eigenvalue weighted by molar-refractivity contribution is 0.0636. The molecular weight excluding hydrogens is 222 g/mol. The third kappa shape index (κ3) is 3.76. The fourth-order valence-corrected chi connectivity index (χ4v) is 3.05. The van der Waals surface area contributed by atoms with Crippen molar-refractivity contribution in [2.45, 2.75) is 57.5 Å². The molecule has 2 saturated carbocycles. The molecule has 0 aromatic rings. The van der Waals surface area contributed by atoms with Crippen LogP contribution < -0.4 is 0 Å². The Labute approximate surface area is 111 Å². The van der Waals surface area contributed by atoms with Gasteiger partial charge in [-0.3, -0.25) is 0 Å². The predicted molar refractivity (Wildman–Crippen MR) is 71.6 cm³/mol. The van der Waals surface area contributed by atoms with Crippen LogP contribution in [-0.2, 0) is 4.74 Å². The van der Waals surface area contributed by atoms with Crippen LogP contribution in [0.2, 0.25) is 0 Å². The lowest BCUT2D eigenvalue weighted by Crippen LogP contribution is -2.19. The van der Waals surface area contributed by atoms with E-state index in [1.54, 1.807) is 0 Å². The standard InChI is InChI=1S/C16H23NO/c1-18-16-10-8-14(9-11-16)3-2-13-4-6-15(12-17)7-5-13/h13-16H,4-11H2,1H3. The van der Waals surface area contributed by atoms with Crippen LogP contribution in [0.3, 0.4) is 0 Å². The summed E-state index contributed by atoms with van der Waals surface area (Å²) in [6.07, 6.45) is 9.52. The molecule has 2 fully saturated rings. The van der Waals surface area contributed by atoms with E-state index in [1.165, 1.54) is 12.8 Å². The minimum atomic E-state index is 0.292. The first-order valence-corrected chi connectivity index (χ1v) is 7.25. The fraction of sp³-hybridized carbons (Fsp3) is 0.812. The van der Waals surface area contributed by atoms with Gasteiger partial charge >= 0.3 is 0 Å². The van der Waals surface area contributed by atoms with E-state index in [9.17, 15) is 0 Å². The minimum Gasteiger partial charge on any atom is -0.381 e. The summed E-state index contributed by atoms with van der Waals surface area (Å²) in [5, 5.41) is 8.86. The minimum absolute atomic E-state index is 0.292. The molecule has 0 heterocycles. The molecule has 0 spiro atoms. The van der Waals surface area contributed by atoms with Crippen LogP contribution in [-0.4, -0.2) is 13.2 Å². The molecule has 0 amide bonds. The van der Waals surface area contributed by atoms with Crippen molar-refractivity contribution < 1.29 is 4.74 Å². The Morgan fingerprint density at radius 2 is 1.22 bits per heavy atom. The third-order valence-electron chi connectivity index (χ3n) is 4.41. The number of hydrogen-bond acceptors (Lipinski definition) is 2. The zero-order chi connectivity index (χ0) is 12.8. The average molecular weight is 245 g/mol. The summed E-state index contributed by atoms with van der Waals surface area (Å²) in [6, 6.07) is 2.38. The van der Waals surface area contributed by atoms with Gasteiger partial charge in [0.1, 0.15) is 0 Å². The highest BCUT2D eigenvalue weighted by atomic mass is 16.5. The van der Waals surface area contributed by atoms with E-state index < -0.39 is 0 Å². The molecule has 0 radical (unpaired) electrons. The van der Waals surface area contributed by atoms with Crippen LogP contribution >= 0.6 is 0 Å². The highest BCUT2D eigenvalue weighted by molar-refractivity contribution is 5.09.